The lowest BCUT2D eigenvalue weighted by Gasteiger charge is -2.49. The fraction of sp³-hybridized carbons (Fsp3) is 1.00. The minimum atomic E-state index is 0.464. The molecule has 2 bridgehead atoms. The first-order chi connectivity index (χ1) is 7.83. The van der Waals surface area contributed by atoms with E-state index in [2.05, 4.69) is 4.90 Å². The molecule has 3 aliphatic rings. The van der Waals surface area contributed by atoms with Gasteiger partial charge in [-0.25, -0.2) is 0 Å². The lowest BCUT2D eigenvalue weighted by molar-refractivity contribution is 0.0171. The highest BCUT2D eigenvalue weighted by molar-refractivity contribution is 4.94. The van der Waals surface area contributed by atoms with Crippen molar-refractivity contribution in [2.24, 2.45) is 11.7 Å². The van der Waals surface area contributed by atoms with Gasteiger partial charge in [0, 0.05) is 31.3 Å². The zero-order chi connectivity index (χ0) is 11.0. The molecule has 3 saturated heterocycles. The van der Waals surface area contributed by atoms with E-state index in [1.807, 2.05) is 0 Å². The van der Waals surface area contributed by atoms with Crippen molar-refractivity contribution in [2.45, 2.75) is 56.7 Å². The fourth-order valence-electron chi connectivity index (χ4n) is 3.84. The van der Waals surface area contributed by atoms with Crippen LogP contribution in [0.15, 0.2) is 0 Å². The Bertz CT molecular complexity index is 226. The highest BCUT2D eigenvalue weighted by Crippen LogP contribution is 2.34. The van der Waals surface area contributed by atoms with Crippen LogP contribution in [0.25, 0.3) is 0 Å². The predicted molar refractivity (Wildman–Crippen MR) is 64.3 cm³/mol. The van der Waals surface area contributed by atoms with Crippen molar-refractivity contribution >= 4 is 0 Å². The van der Waals surface area contributed by atoms with Gasteiger partial charge in [0.25, 0.3) is 0 Å². The summed E-state index contributed by atoms with van der Waals surface area (Å²) in [6.45, 7) is 3.23. The first kappa shape index (κ1) is 11.0. The van der Waals surface area contributed by atoms with Crippen LogP contribution in [0.2, 0.25) is 0 Å². The number of hydrogen-bond acceptors (Lipinski definition) is 3. The molecule has 3 rings (SSSR count). The highest BCUT2D eigenvalue weighted by Gasteiger charge is 2.38. The molecular formula is C13H24N2O. The number of fused-ring (bicyclic) bond motifs is 2. The third-order valence-electron chi connectivity index (χ3n) is 4.66. The second kappa shape index (κ2) is 4.63. The number of rotatable bonds is 2. The summed E-state index contributed by atoms with van der Waals surface area (Å²) < 4.78 is 5.49. The maximum atomic E-state index is 6.14. The predicted octanol–water partition coefficient (Wildman–Crippen LogP) is 1.37. The largest absolute Gasteiger partial charge is 0.381 e. The summed E-state index contributed by atoms with van der Waals surface area (Å²) in [6.07, 6.45) is 7.88. The van der Waals surface area contributed by atoms with Crippen LogP contribution in [0, 0.1) is 5.92 Å². The molecule has 0 radical (unpaired) electrons. The van der Waals surface area contributed by atoms with Crippen LogP contribution in [0.5, 0.6) is 0 Å². The lowest BCUT2D eigenvalue weighted by Crippen LogP contribution is -2.56. The number of nitrogens with zero attached hydrogens (tertiary/aromatic N) is 1. The molecule has 3 atom stereocenters. The van der Waals surface area contributed by atoms with Crippen molar-refractivity contribution in [1.29, 1.82) is 0 Å². The van der Waals surface area contributed by atoms with Crippen molar-refractivity contribution in [3.63, 3.8) is 0 Å². The third-order valence-corrected chi connectivity index (χ3v) is 4.66. The average Bonchev–Trinajstić information content (AvgIpc) is 2.72. The molecule has 0 aromatic heterocycles. The van der Waals surface area contributed by atoms with Crippen LogP contribution in [-0.4, -0.2) is 42.8 Å². The van der Waals surface area contributed by atoms with Gasteiger partial charge in [-0.05, 0) is 38.0 Å². The Hall–Kier alpha value is -0.120. The number of hydrogen-bond donors (Lipinski definition) is 1. The van der Waals surface area contributed by atoms with Crippen LogP contribution in [0.1, 0.15) is 38.5 Å². The van der Waals surface area contributed by atoms with Crippen molar-refractivity contribution in [3.8, 4) is 0 Å². The summed E-state index contributed by atoms with van der Waals surface area (Å²) in [5, 5.41) is 0. The molecule has 3 heteroatoms. The van der Waals surface area contributed by atoms with Crippen LogP contribution < -0.4 is 5.73 Å². The van der Waals surface area contributed by atoms with E-state index in [0.717, 1.165) is 31.2 Å². The van der Waals surface area contributed by atoms with Gasteiger partial charge in [-0.2, -0.15) is 0 Å². The molecule has 3 heterocycles. The molecule has 0 spiro atoms. The first-order valence-electron chi connectivity index (χ1n) is 6.92. The monoisotopic (exact) mass is 224 g/mol. The van der Waals surface area contributed by atoms with Crippen LogP contribution in [-0.2, 0) is 4.74 Å². The van der Waals surface area contributed by atoms with Crippen molar-refractivity contribution in [2.75, 3.05) is 19.8 Å². The Morgan fingerprint density at radius 3 is 2.50 bits per heavy atom. The normalized spacial score (nSPS) is 44.8. The Morgan fingerprint density at radius 2 is 1.88 bits per heavy atom. The number of piperidine rings is 2. The quantitative estimate of drug-likeness (QED) is 0.770. The van der Waals surface area contributed by atoms with Crippen molar-refractivity contribution < 1.29 is 4.74 Å². The maximum Gasteiger partial charge on any atom is 0.0507 e. The molecule has 3 fully saturated rings. The summed E-state index contributed by atoms with van der Waals surface area (Å²) in [6, 6.07) is 2.03. The Balaban J connectivity index is 1.64. The summed E-state index contributed by atoms with van der Waals surface area (Å²) >= 11 is 0. The number of ether oxygens (including phenoxy) is 1. The Kier molecular flexibility index (Phi) is 3.18. The Morgan fingerprint density at radius 1 is 1.12 bits per heavy atom. The SMILES string of the molecule is NC1CC2CCCC(C1)N2CC1CCOC1. The molecule has 3 aliphatic heterocycles. The first-order valence-corrected chi connectivity index (χ1v) is 6.92. The molecular weight excluding hydrogens is 200 g/mol. The zero-order valence-corrected chi connectivity index (χ0v) is 10.1. The second-order valence-corrected chi connectivity index (χ2v) is 5.90. The summed E-state index contributed by atoms with van der Waals surface area (Å²) in [4.78, 5) is 2.77. The van der Waals surface area contributed by atoms with E-state index in [4.69, 9.17) is 10.5 Å². The molecule has 0 aromatic rings. The minimum absolute atomic E-state index is 0.464. The molecule has 3 unspecified atom stereocenters. The third kappa shape index (κ3) is 2.13. The van der Waals surface area contributed by atoms with Gasteiger partial charge in [-0.15, -0.1) is 0 Å². The molecule has 0 amide bonds. The topological polar surface area (TPSA) is 38.5 Å². The van der Waals surface area contributed by atoms with Gasteiger partial charge < -0.3 is 10.5 Å². The Labute approximate surface area is 98.3 Å². The van der Waals surface area contributed by atoms with Crippen LogP contribution in [0.4, 0.5) is 0 Å². The van der Waals surface area contributed by atoms with Crippen molar-refractivity contribution in [1.82, 2.24) is 4.90 Å². The van der Waals surface area contributed by atoms with Gasteiger partial charge in [-0.1, -0.05) is 6.42 Å². The van der Waals surface area contributed by atoms with Gasteiger partial charge in [0.1, 0.15) is 0 Å². The minimum Gasteiger partial charge on any atom is -0.381 e. The molecule has 16 heavy (non-hydrogen) atoms. The van der Waals surface area contributed by atoms with E-state index in [1.165, 1.54) is 45.1 Å². The van der Waals surface area contributed by atoms with Gasteiger partial charge in [0.15, 0.2) is 0 Å². The van der Waals surface area contributed by atoms with E-state index >= 15 is 0 Å². The van der Waals surface area contributed by atoms with Gasteiger partial charge in [-0.3, -0.25) is 4.90 Å². The maximum absolute atomic E-state index is 6.14. The van der Waals surface area contributed by atoms with E-state index < -0.39 is 0 Å². The smallest absolute Gasteiger partial charge is 0.0507 e. The van der Waals surface area contributed by atoms with E-state index in [1.54, 1.807) is 0 Å². The van der Waals surface area contributed by atoms with E-state index in [0.29, 0.717) is 6.04 Å². The molecule has 0 aromatic carbocycles. The summed E-state index contributed by atoms with van der Waals surface area (Å²) in [5.74, 6) is 0.789. The van der Waals surface area contributed by atoms with Crippen molar-refractivity contribution in [3.05, 3.63) is 0 Å². The molecule has 92 valence electrons. The molecule has 0 saturated carbocycles. The molecule has 0 aliphatic carbocycles. The summed E-state index contributed by atoms with van der Waals surface area (Å²) in [5.41, 5.74) is 6.14. The van der Waals surface area contributed by atoms with E-state index in [-0.39, 0.29) is 0 Å². The standard InChI is InChI=1S/C13H24N2O/c14-11-6-12-2-1-3-13(7-11)15(12)8-10-4-5-16-9-10/h10-13H,1-9,14H2. The zero-order valence-electron chi connectivity index (χ0n) is 10.1. The van der Waals surface area contributed by atoms with Gasteiger partial charge in [0.2, 0.25) is 0 Å². The van der Waals surface area contributed by atoms with Crippen LogP contribution >= 0.6 is 0 Å². The molecule has 2 N–H and O–H groups in total. The highest BCUT2D eigenvalue weighted by atomic mass is 16.5. The van der Waals surface area contributed by atoms with Gasteiger partial charge >= 0.3 is 0 Å². The lowest BCUT2D eigenvalue weighted by atomic mass is 9.81. The fourth-order valence-corrected chi connectivity index (χ4v) is 3.84. The van der Waals surface area contributed by atoms with Crippen LogP contribution in [0.3, 0.4) is 0 Å². The average molecular weight is 224 g/mol. The second-order valence-electron chi connectivity index (χ2n) is 5.90. The van der Waals surface area contributed by atoms with Gasteiger partial charge in [0.05, 0.1) is 6.61 Å². The summed E-state index contributed by atoms with van der Waals surface area (Å²) in [7, 11) is 0. The van der Waals surface area contributed by atoms with E-state index in [9.17, 15) is 0 Å². The molecule has 3 nitrogen and oxygen atoms in total. The number of nitrogens with two attached hydrogens (primary N) is 1.